The van der Waals surface area contributed by atoms with E-state index < -0.39 is 0 Å². The average molecular weight is 215 g/mol. The van der Waals surface area contributed by atoms with E-state index in [4.69, 9.17) is 10.5 Å². The summed E-state index contributed by atoms with van der Waals surface area (Å²) >= 11 is 0. The highest BCUT2D eigenvalue weighted by Gasteiger charge is 2.14. The summed E-state index contributed by atoms with van der Waals surface area (Å²) in [5, 5.41) is 0. The first-order chi connectivity index (χ1) is 6.97. The fourth-order valence-corrected chi connectivity index (χ4v) is 1.60. The Morgan fingerprint density at radius 1 is 1.20 bits per heavy atom. The molecule has 0 aromatic heterocycles. The number of piperazine rings is 1. The number of likely N-dealkylation sites (N-methyl/N-ethyl adjacent to an activating group) is 1. The summed E-state index contributed by atoms with van der Waals surface area (Å²) in [6, 6.07) is 0. The molecule has 0 aliphatic carbocycles. The lowest BCUT2D eigenvalue weighted by molar-refractivity contribution is 0.0622. The summed E-state index contributed by atoms with van der Waals surface area (Å²) in [4.78, 5) is 4.81. The van der Waals surface area contributed by atoms with Crippen molar-refractivity contribution in [2.45, 2.75) is 19.4 Å². The van der Waals surface area contributed by atoms with Crippen molar-refractivity contribution in [3.63, 3.8) is 0 Å². The van der Waals surface area contributed by atoms with Crippen LogP contribution in [0, 0.1) is 0 Å². The van der Waals surface area contributed by atoms with E-state index in [0.717, 1.165) is 26.2 Å². The first-order valence-electron chi connectivity index (χ1n) is 5.75. The molecular formula is C11H25N3O. The number of hydrogen-bond donors (Lipinski definition) is 1. The molecule has 1 aliphatic heterocycles. The fraction of sp³-hybridized carbons (Fsp3) is 1.00. The molecule has 0 aromatic carbocycles. The van der Waals surface area contributed by atoms with Crippen LogP contribution in [0.25, 0.3) is 0 Å². The standard InChI is InChI=1S/C11H25N3O/c1-11(2,12)10-15-9-8-14-6-4-13(3)5-7-14/h4-10,12H2,1-3H3. The molecule has 2 N–H and O–H groups in total. The molecule has 4 nitrogen and oxygen atoms in total. The molecule has 0 amide bonds. The highest BCUT2D eigenvalue weighted by molar-refractivity contribution is 4.71. The van der Waals surface area contributed by atoms with Gasteiger partial charge in [-0.1, -0.05) is 0 Å². The zero-order chi connectivity index (χ0) is 11.3. The second-order valence-corrected chi connectivity index (χ2v) is 5.19. The van der Waals surface area contributed by atoms with Crippen molar-refractivity contribution in [3.05, 3.63) is 0 Å². The molecule has 0 aromatic rings. The van der Waals surface area contributed by atoms with Crippen molar-refractivity contribution in [1.82, 2.24) is 9.80 Å². The summed E-state index contributed by atoms with van der Waals surface area (Å²) in [6.07, 6.45) is 0. The van der Waals surface area contributed by atoms with E-state index in [1.807, 2.05) is 13.8 Å². The van der Waals surface area contributed by atoms with Crippen LogP contribution >= 0.6 is 0 Å². The Morgan fingerprint density at radius 3 is 2.33 bits per heavy atom. The Kier molecular flexibility index (Phi) is 4.99. The van der Waals surface area contributed by atoms with Gasteiger partial charge < -0.3 is 15.4 Å². The van der Waals surface area contributed by atoms with Gasteiger partial charge in [-0.3, -0.25) is 4.90 Å². The summed E-state index contributed by atoms with van der Waals surface area (Å²) < 4.78 is 5.55. The second kappa shape index (κ2) is 5.80. The topological polar surface area (TPSA) is 41.7 Å². The van der Waals surface area contributed by atoms with Crippen LogP contribution in [0.5, 0.6) is 0 Å². The molecular weight excluding hydrogens is 190 g/mol. The molecule has 1 saturated heterocycles. The van der Waals surface area contributed by atoms with Gasteiger partial charge >= 0.3 is 0 Å². The highest BCUT2D eigenvalue weighted by atomic mass is 16.5. The molecule has 0 spiro atoms. The van der Waals surface area contributed by atoms with Gasteiger partial charge in [0.2, 0.25) is 0 Å². The first kappa shape index (κ1) is 12.9. The van der Waals surface area contributed by atoms with Crippen LogP contribution in [0.4, 0.5) is 0 Å². The molecule has 90 valence electrons. The van der Waals surface area contributed by atoms with Crippen molar-refractivity contribution >= 4 is 0 Å². The van der Waals surface area contributed by atoms with Gasteiger partial charge in [0.05, 0.1) is 13.2 Å². The Balaban J connectivity index is 2.01. The zero-order valence-corrected chi connectivity index (χ0v) is 10.3. The largest absolute Gasteiger partial charge is 0.378 e. The van der Waals surface area contributed by atoms with Crippen LogP contribution in [0.1, 0.15) is 13.8 Å². The minimum absolute atomic E-state index is 0.206. The minimum Gasteiger partial charge on any atom is -0.378 e. The van der Waals surface area contributed by atoms with Crippen LogP contribution in [-0.4, -0.2) is 68.3 Å². The highest BCUT2D eigenvalue weighted by Crippen LogP contribution is 2.00. The van der Waals surface area contributed by atoms with Gasteiger partial charge in [0.25, 0.3) is 0 Å². The quantitative estimate of drug-likeness (QED) is 0.655. The van der Waals surface area contributed by atoms with Gasteiger partial charge in [0.1, 0.15) is 0 Å². The van der Waals surface area contributed by atoms with Gasteiger partial charge in [-0.25, -0.2) is 0 Å². The fourth-order valence-electron chi connectivity index (χ4n) is 1.60. The van der Waals surface area contributed by atoms with Crippen molar-refractivity contribution in [2.24, 2.45) is 5.73 Å². The van der Waals surface area contributed by atoms with Crippen molar-refractivity contribution in [1.29, 1.82) is 0 Å². The van der Waals surface area contributed by atoms with Crippen molar-refractivity contribution < 1.29 is 4.74 Å². The average Bonchev–Trinajstić information content (AvgIpc) is 2.14. The Bertz CT molecular complexity index is 171. The molecule has 0 atom stereocenters. The number of nitrogens with two attached hydrogens (primary N) is 1. The second-order valence-electron chi connectivity index (χ2n) is 5.19. The molecule has 15 heavy (non-hydrogen) atoms. The van der Waals surface area contributed by atoms with Gasteiger partial charge in [-0.2, -0.15) is 0 Å². The van der Waals surface area contributed by atoms with E-state index in [1.54, 1.807) is 0 Å². The molecule has 0 unspecified atom stereocenters. The Labute approximate surface area is 93.4 Å². The lowest BCUT2D eigenvalue weighted by atomic mass is 10.1. The van der Waals surface area contributed by atoms with Crippen molar-refractivity contribution in [3.8, 4) is 0 Å². The normalized spacial score (nSPS) is 20.8. The lowest BCUT2D eigenvalue weighted by Crippen LogP contribution is -2.46. The third-order valence-electron chi connectivity index (χ3n) is 2.62. The Morgan fingerprint density at radius 2 is 1.80 bits per heavy atom. The van der Waals surface area contributed by atoms with Gasteiger partial charge in [-0.05, 0) is 20.9 Å². The number of nitrogens with zero attached hydrogens (tertiary/aromatic N) is 2. The smallest absolute Gasteiger partial charge is 0.0641 e. The molecule has 1 aliphatic rings. The van der Waals surface area contributed by atoms with Crippen LogP contribution in [0.15, 0.2) is 0 Å². The predicted molar refractivity (Wildman–Crippen MR) is 63.0 cm³/mol. The van der Waals surface area contributed by atoms with Crippen LogP contribution < -0.4 is 5.73 Å². The van der Waals surface area contributed by atoms with E-state index in [0.29, 0.717) is 6.61 Å². The molecule has 1 fully saturated rings. The van der Waals surface area contributed by atoms with E-state index >= 15 is 0 Å². The molecule has 4 heteroatoms. The Hall–Kier alpha value is -0.160. The van der Waals surface area contributed by atoms with Gasteiger partial charge in [0, 0.05) is 38.3 Å². The number of rotatable bonds is 5. The van der Waals surface area contributed by atoms with Crippen LogP contribution in [0.2, 0.25) is 0 Å². The summed E-state index contributed by atoms with van der Waals surface area (Å²) in [6.45, 7) is 11.1. The summed E-state index contributed by atoms with van der Waals surface area (Å²) in [5.41, 5.74) is 5.62. The maximum absolute atomic E-state index is 5.83. The SMILES string of the molecule is CN1CCN(CCOCC(C)(C)N)CC1. The monoisotopic (exact) mass is 215 g/mol. The van der Waals surface area contributed by atoms with E-state index in [-0.39, 0.29) is 5.54 Å². The van der Waals surface area contributed by atoms with Crippen LogP contribution in [-0.2, 0) is 4.74 Å². The maximum atomic E-state index is 5.83. The molecule has 1 rings (SSSR count). The summed E-state index contributed by atoms with van der Waals surface area (Å²) in [7, 11) is 2.17. The van der Waals surface area contributed by atoms with E-state index in [9.17, 15) is 0 Å². The molecule has 0 bridgehead atoms. The third-order valence-corrected chi connectivity index (χ3v) is 2.62. The van der Waals surface area contributed by atoms with Gasteiger partial charge in [-0.15, -0.1) is 0 Å². The number of hydrogen-bond acceptors (Lipinski definition) is 4. The van der Waals surface area contributed by atoms with Gasteiger partial charge in [0.15, 0.2) is 0 Å². The minimum atomic E-state index is -0.206. The zero-order valence-electron chi connectivity index (χ0n) is 10.3. The molecule has 0 radical (unpaired) electrons. The number of ether oxygens (including phenoxy) is 1. The van der Waals surface area contributed by atoms with Crippen molar-refractivity contribution in [2.75, 3.05) is 53.0 Å². The van der Waals surface area contributed by atoms with E-state index in [2.05, 4.69) is 16.8 Å². The third kappa shape index (κ3) is 6.10. The summed E-state index contributed by atoms with van der Waals surface area (Å²) in [5.74, 6) is 0. The van der Waals surface area contributed by atoms with E-state index in [1.165, 1.54) is 13.1 Å². The molecule has 1 heterocycles. The van der Waals surface area contributed by atoms with Crippen LogP contribution in [0.3, 0.4) is 0 Å². The predicted octanol–water partition coefficient (Wildman–Crippen LogP) is -0.0123. The molecule has 0 saturated carbocycles. The maximum Gasteiger partial charge on any atom is 0.0641 e. The first-order valence-corrected chi connectivity index (χ1v) is 5.75. The lowest BCUT2D eigenvalue weighted by Gasteiger charge is -2.32.